The van der Waals surface area contributed by atoms with Crippen LogP contribution in [0.2, 0.25) is 0 Å². The first-order chi connectivity index (χ1) is 23.0. The van der Waals surface area contributed by atoms with Gasteiger partial charge in [-0.2, -0.15) is 4.98 Å². The van der Waals surface area contributed by atoms with Crippen LogP contribution >= 0.6 is 0 Å². The van der Waals surface area contributed by atoms with Gasteiger partial charge in [-0.05, 0) is 58.0 Å². The largest absolute Gasteiger partial charge is 0.494 e. The van der Waals surface area contributed by atoms with E-state index in [0.29, 0.717) is 34.1 Å². The van der Waals surface area contributed by atoms with Gasteiger partial charge in [-0.1, -0.05) is 12.1 Å². The molecule has 2 aromatic carbocycles. The van der Waals surface area contributed by atoms with E-state index in [1.807, 2.05) is 18.2 Å². The summed E-state index contributed by atoms with van der Waals surface area (Å²) >= 11 is 0. The van der Waals surface area contributed by atoms with Gasteiger partial charge < -0.3 is 29.9 Å². The fraction of sp³-hybridized carbons (Fsp3) is 0.441. The topological polar surface area (TPSA) is 134 Å². The summed E-state index contributed by atoms with van der Waals surface area (Å²) < 4.78 is 37.5. The minimum Gasteiger partial charge on any atom is -0.494 e. The Balaban J connectivity index is 1.24. The number of piperazine rings is 1. The molecule has 48 heavy (non-hydrogen) atoms. The second-order valence-electron chi connectivity index (χ2n) is 12.7. The van der Waals surface area contributed by atoms with Crippen molar-refractivity contribution in [1.29, 1.82) is 0 Å². The Morgan fingerprint density at radius 2 is 1.73 bits per heavy atom. The molecule has 2 N–H and O–H groups in total. The van der Waals surface area contributed by atoms with Gasteiger partial charge in [-0.15, -0.1) is 0 Å². The van der Waals surface area contributed by atoms with E-state index in [9.17, 15) is 13.2 Å². The molecule has 4 heterocycles. The van der Waals surface area contributed by atoms with Crippen molar-refractivity contribution in [3.8, 4) is 5.75 Å². The molecular weight excluding hydrogens is 632 g/mol. The third-order valence-electron chi connectivity index (χ3n) is 8.95. The highest BCUT2D eigenvalue weighted by Crippen LogP contribution is 2.34. The predicted octanol–water partition coefficient (Wildman–Crippen LogP) is 4.52. The first kappa shape index (κ1) is 33.5. The molecule has 0 saturated carbocycles. The van der Waals surface area contributed by atoms with Crippen molar-refractivity contribution in [2.45, 2.75) is 38.8 Å². The van der Waals surface area contributed by atoms with Gasteiger partial charge in [0, 0.05) is 74.8 Å². The number of hydrogen-bond acceptors (Lipinski definition) is 12. The average Bonchev–Trinajstić information content (AvgIpc) is 3.52. The maximum absolute atomic E-state index is 13.1. The number of esters is 1. The number of aromatic nitrogens is 3. The average molecular weight is 677 g/mol. The number of anilines is 5. The molecule has 0 spiro atoms. The zero-order valence-corrected chi connectivity index (χ0v) is 29.0. The first-order valence-corrected chi connectivity index (χ1v) is 18.1. The number of ether oxygens (including phenoxy) is 2. The summed E-state index contributed by atoms with van der Waals surface area (Å²) in [7, 11) is 0.213. The third-order valence-corrected chi connectivity index (χ3v) is 9.97. The Labute approximate surface area is 281 Å². The maximum atomic E-state index is 13.1. The number of fused-ring (bicyclic) bond motifs is 1. The number of benzene rings is 2. The molecular formula is C34H44N8O5S. The van der Waals surface area contributed by atoms with E-state index < -0.39 is 16.0 Å². The van der Waals surface area contributed by atoms with Crippen molar-refractivity contribution in [1.82, 2.24) is 23.7 Å². The van der Waals surface area contributed by atoms with E-state index in [1.54, 1.807) is 39.2 Å². The number of para-hydroxylation sites is 1. The summed E-state index contributed by atoms with van der Waals surface area (Å²) in [4.78, 5) is 29.6. The fourth-order valence-electron chi connectivity index (χ4n) is 6.41. The normalized spacial score (nSPS) is 16.8. The summed E-state index contributed by atoms with van der Waals surface area (Å²) in [6, 6.07) is 13.7. The lowest BCUT2D eigenvalue weighted by Gasteiger charge is -2.42. The van der Waals surface area contributed by atoms with Crippen molar-refractivity contribution in [3.63, 3.8) is 0 Å². The second-order valence-corrected chi connectivity index (χ2v) is 14.6. The molecule has 2 aliphatic heterocycles. The van der Waals surface area contributed by atoms with Crippen LogP contribution in [0.25, 0.3) is 10.9 Å². The SMILES string of the molecule is COc1cc(N2CCC(N3CCN(C)CC3)CC2)ccc1Nc1ncc(C(=O)OC(C)C)c(Nc2cccc3ccn(S(C)(=O)=O)c23)n1. The van der Waals surface area contributed by atoms with Crippen LogP contribution in [0, 0.1) is 0 Å². The number of nitrogens with zero attached hydrogens (tertiary/aromatic N) is 6. The van der Waals surface area contributed by atoms with Crippen molar-refractivity contribution >= 4 is 55.7 Å². The number of methoxy groups -OCH3 is 1. The number of likely N-dealkylation sites (N-methyl/N-ethyl adjacent to an activating group) is 1. The lowest BCUT2D eigenvalue weighted by molar-refractivity contribution is 0.0378. The minimum atomic E-state index is -3.60. The van der Waals surface area contributed by atoms with Crippen molar-refractivity contribution < 1.29 is 22.7 Å². The number of carbonyl (C=O) groups is 1. The molecule has 13 nitrogen and oxygen atoms in total. The second kappa shape index (κ2) is 14.0. The van der Waals surface area contributed by atoms with Crippen LogP contribution in [0.4, 0.5) is 28.8 Å². The van der Waals surface area contributed by atoms with Crippen LogP contribution in [-0.4, -0.2) is 110 Å². The van der Waals surface area contributed by atoms with Gasteiger partial charge in [0.1, 0.15) is 11.3 Å². The Bertz CT molecular complexity index is 1880. The molecule has 0 aliphatic carbocycles. The summed E-state index contributed by atoms with van der Waals surface area (Å²) in [6.45, 7) is 10.0. The van der Waals surface area contributed by atoms with Gasteiger partial charge in [0.2, 0.25) is 16.0 Å². The van der Waals surface area contributed by atoms with E-state index in [2.05, 4.69) is 48.4 Å². The zero-order valence-electron chi connectivity index (χ0n) is 28.1. The maximum Gasteiger partial charge on any atom is 0.343 e. The Kier molecular flexibility index (Phi) is 9.76. The molecule has 2 aromatic heterocycles. The van der Waals surface area contributed by atoms with Gasteiger partial charge in [-0.25, -0.2) is 22.2 Å². The van der Waals surface area contributed by atoms with Gasteiger partial charge in [0.15, 0.2) is 5.82 Å². The summed E-state index contributed by atoms with van der Waals surface area (Å²) in [6.07, 6.45) is 5.92. The molecule has 14 heteroatoms. The van der Waals surface area contributed by atoms with Crippen LogP contribution < -0.4 is 20.3 Å². The third kappa shape index (κ3) is 7.35. The van der Waals surface area contributed by atoms with Gasteiger partial charge in [-0.3, -0.25) is 4.90 Å². The highest BCUT2D eigenvalue weighted by atomic mass is 32.2. The fourth-order valence-corrected chi connectivity index (χ4v) is 7.23. The monoisotopic (exact) mass is 676 g/mol. The summed E-state index contributed by atoms with van der Waals surface area (Å²) in [5.74, 6) is 0.392. The van der Waals surface area contributed by atoms with E-state index in [1.165, 1.54) is 16.4 Å². The molecule has 6 rings (SSSR count). The summed E-state index contributed by atoms with van der Waals surface area (Å²) in [5, 5.41) is 7.13. The molecule has 0 atom stereocenters. The highest BCUT2D eigenvalue weighted by Gasteiger charge is 2.27. The number of piperidine rings is 1. The minimum absolute atomic E-state index is 0.103. The molecule has 0 radical (unpaired) electrons. The zero-order chi connectivity index (χ0) is 34.0. The smallest absolute Gasteiger partial charge is 0.343 e. The van der Waals surface area contributed by atoms with E-state index in [0.717, 1.165) is 64.1 Å². The number of rotatable bonds is 10. The van der Waals surface area contributed by atoms with Crippen LogP contribution in [0.5, 0.6) is 5.75 Å². The van der Waals surface area contributed by atoms with Gasteiger partial charge in [0.25, 0.3) is 0 Å². The molecule has 2 fully saturated rings. The van der Waals surface area contributed by atoms with Crippen LogP contribution in [-0.2, 0) is 14.8 Å². The molecule has 0 bridgehead atoms. The number of carbonyl (C=O) groups excluding carboxylic acids is 1. The van der Waals surface area contributed by atoms with E-state index >= 15 is 0 Å². The molecule has 0 amide bonds. The number of nitrogens with one attached hydrogen (secondary N) is 2. The Morgan fingerprint density at radius 1 is 0.979 bits per heavy atom. The molecule has 256 valence electrons. The summed E-state index contributed by atoms with van der Waals surface area (Å²) in [5.41, 5.74) is 2.73. The van der Waals surface area contributed by atoms with Crippen LogP contribution in [0.15, 0.2) is 54.9 Å². The van der Waals surface area contributed by atoms with Crippen molar-refractivity contribution in [2.24, 2.45) is 0 Å². The standard InChI is InChI=1S/C34H44N8O5S/c1-23(2)47-33(43)27-22-35-34(38-32(27)36-29-8-6-7-24-11-16-42(31(24)29)48(5,44)45)37-28-10-9-26(21-30(28)46-4)40-14-12-25(13-15-40)41-19-17-39(3)18-20-41/h6-11,16,21-23,25H,12-15,17-20H2,1-5H3,(H2,35,36,37,38). The lowest BCUT2D eigenvalue weighted by Crippen LogP contribution is -2.52. The molecule has 2 saturated heterocycles. The van der Waals surface area contributed by atoms with Crippen LogP contribution in [0.1, 0.15) is 37.0 Å². The molecule has 4 aromatic rings. The van der Waals surface area contributed by atoms with E-state index in [-0.39, 0.29) is 23.4 Å². The Hall–Kier alpha value is -4.40. The van der Waals surface area contributed by atoms with Gasteiger partial charge in [0.05, 0.1) is 36.4 Å². The first-order valence-electron chi connectivity index (χ1n) is 16.3. The van der Waals surface area contributed by atoms with Gasteiger partial charge >= 0.3 is 5.97 Å². The van der Waals surface area contributed by atoms with Crippen molar-refractivity contribution in [2.75, 3.05) is 75.2 Å². The van der Waals surface area contributed by atoms with Crippen LogP contribution in [0.3, 0.4) is 0 Å². The number of hydrogen-bond donors (Lipinski definition) is 2. The Morgan fingerprint density at radius 3 is 2.42 bits per heavy atom. The quantitative estimate of drug-likeness (QED) is 0.229. The van der Waals surface area contributed by atoms with E-state index in [4.69, 9.17) is 9.47 Å². The highest BCUT2D eigenvalue weighted by molar-refractivity contribution is 7.89. The molecule has 2 aliphatic rings. The lowest BCUT2D eigenvalue weighted by atomic mass is 10.0. The van der Waals surface area contributed by atoms with Crippen molar-refractivity contribution in [3.05, 3.63) is 60.4 Å². The predicted molar refractivity (Wildman–Crippen MR) is 189 cm³/mol. The molecule has 0 unspecified atom stereocenters.